The molecule has 1 aromatic rings. The summed E-state index contributed by atoms with van der Waals surface area (Å²) in [5.41, 5.74) is 0. The van der Waals surface area contributed by atoms with Gasteiger partial charge in [-0.15, -0.1) is 23.1 Å². The van der Waals surface area contributed by atoms with Gasteiger partial charge in [-0.1, -0.05) is 0 Å². The first-order valence-electron chi connectivity index (χ1n) is 4.83. The highest BCUT2D eigenvalue weighted by molar-refractivity contribution is 7.99. The molecule has 2 rings (SSSR count). The molecular formula is C10H13NO2S2. The highest BCUT2D eigenvalue weighted by Crippen LogP contribution is 2.35. The number of thiophene rings is 1. The molecule has 1 fully saturated rings. The van der Waals surface area contributed by atoms with Gasteiger partial charge in [0, 0.05) is 9.75 Å². The molecule has 0 saturated carbocycles. The number of carboxylic acids is 1. The first kappa shape index (κ1) is 11.0. The van der Waals surface area contributed by atoms with Crippen LogP contribution in [0, 0.1) is 6.92 Å². The molecule has 3 nitrogen and oxygen atoms in total. The Balaban J connectivity index is 2.07. The summed E-state index contributed by atoms with van der Waals surface area (Å²) in [5, 5.41) is 12.2. The molecule has 5 heteroatoms. The third-order valence-electron chi connectivity index (χ3n) is 2.36. The van der Waals surface area contributed by atoms with Crippen LogP contribution >= 0.6 is 23.1 Å². The van der Waals surface area contributed by atoms with E-state index in [1.54, 1.807) is 23.1 Å². The standard InChI is InChI=1S/C10H13NO2S2/c1-6-2-3-8(15-6)9-11-7(10(12)13)4-5-14-9/h2-3,7,9,11H,4-5H2,1H3,(H,12,13). The normalized spacial score (nSPS) is 26.5. The summed E-state index contributed by atoms with van der Waals surface area (Å²) in [7, 11) is 0. The Morgan fingerprint density at radius 2 is 2.40 bits per heavy atom. The lowest BCUT2D eigenvalue weighted by molar-refractivity contribution is -0.139. The molecule has 2 heterocycles. The van der Waals surface area contributed by atoms with Crippen molar-refractivity contribution in [1.82, 2.24) is 5.32 Å². The average molecular weight is 243 g/mol. The second-order valence-corrected chi connectivity index (χ2v) is 6.08. The lowest BCUT2D eigenvalue weighted by atomic mass is 10.2. The number of hydrogen-bond donors (Lipinski definition) is 2. The van der Waals surface area contributed by atoms with E-state index in [0.29, 0.717) is 6.42 Å². The Bertz CT molecular complexity index is 364. The fourth-order valence-electron chi connectivity index (χ4n) is 1.57. The molecule has 0 amide bonds. The Morgan fingerprint density at radius 3 is 3.00 bits per heavy atom. The van der Waals surface area contributed by atoms with Crippen LogP contribution in [0.25, 0.3) is 0 Å². The van der Waals surface area contributed by atoms with Gasteiger partial charge in [0.25, 0.3) is 0 Å². The molecule has 2 unspecified atom stereocenters. The number of aryl methyl sites for hydroxylation is 1. The maximum absolute atomic E-state index is 10.9. The predicted octanol–water partition coefficient (Wildman–Crippen LogP) is 2.23. The van der Waals surface area contributed by atoms with E-state index in [2.05, 4.69) is 24.4 Å². The molecule has 15 heavy (non-hydrogen) atoms. The maximum atomic E-state index is 10.9. The van der Waals surface area contributed by atoms with Crippen LogP contribution < -0.4 is 5.32 Å². The molecule has 0 spiro atoms. The predicted molar refractivity (Wildman–Crippen MR) is 63.4 cm³/mol. The minimum Gasteiger partial charge on any atom is -0.480 e. The third-order valence-corrected chi connectivity index (χ3v) is 4.77. The van der Waals surface area contributed by atoms with Crippen LogP contribution in [-0.2, 0) is 4.79 Å². The Kier molecular flexibility index (Phi) is 3.33. The van der Waals surface area contributed by atoms with Gasteiger partial charge in [-0.05, 0) is 31.2 Å². The van der Waals surface area contributed by atoms with Crippen molar-refractivity contribution in [3.63, 3.8) is 0 Å². The minimum atomic E-state index is -0.742. The highest BCUT2D eigenvalue weighted by atomic mass is 32.2. The summed E-state index contributed by atoms with van der Waals surface area (Å²) in [6.07, 6.45) is 0.709. The molecule has 0 aromatic carbocycles. The van der Waals surface area contributed by atoms with E-state index in [4.69, 9.17) is 5.11 Å². The molecule has 1 aliphatic rings. The number of nitrogens with one attached hydrogen (secondary N) is 1. The van der Waals surface area contributed by atoms with E-state index in [9.17, 15) is 4.79 Å². The van der Waals surface area contributed by atoms with Gasteiger partial charge in [-0.3, -0.25) is 10.1 Å². The van der Waals surface area contributed by atoms with Crippen molar-refractivity contribution in [2.75, 3.05) is 5.75 Å². The molecule has 2 atom stereocenters. The minimum absolute atomic E-state index is 0.151. The van der Waals surface area contributed by atoms with Gasteiger partial charge in [0.05, 0.1) is 5.37 Å². The number of hydrogen-bond acceptors (Lipinski definition) is 4. The lowest BCUT2D eigenvalue weighted by Gasteiger charge is -2.27. The summed E-state index contributed by atoms with van der Waals surface area (Å²) < 4.78 is 0. The number of carboxylic acid groups (broad SMARTS) is 1. The van der Waals surface area contributed by atoms with Gasteiger partial charge in [0.15, 0.2) is 0 Å². The van der Waals surface area contributed by atoms with Crippen LogP contribution in [-0.4, -0.2) is 22.9 Å². The van der Waals surface area contributed by atoms with Gasteiger partial charge >= 0.3 is 5.97 Å². The van der Waals surface area contributed by atoms with E-state index in [1.807, 2.05) is 0 Å². The Hall–Kier alpha value is -0.520. The van der Waals surface area contributed by atoms with Crippen LogP contribution in [0.1, 0.15) is 21.5 Å². The molecule has 1 aliphatic heterocycles. The summed E-state index contributed by atoms with van der Waals surface area (Å²) in [6, 6.07) is 3.76. The Labute approximate surface area is 96.9 Å². The smallest absolute Gasteiger partial charge is 0.320 e. The molecule has 1 saturated heterocycles. The quantitative estimate of drug-likeness (QED) is 0.836. The number of aliphatic carboxylic acids is 1. The van der Waals surface area contributed by atoms with Crippen LogP contribution in [0.5, 0.6) is 0 Å². The number of carbonyl (C=O) groups is 1. The fourth-order valence-corrected chi connectivity index (χ4v) is 3.85. The van der Waals surface area contributed by atoms with Gasteiger partial charge in [-0.2, -0.15) is 0 Å². The summed E-state index contributed by atoms with van der Waals surface area (Å²) in [5.74, 6) is 0.166. The molecule has 82 valence electrons. The van der Waals surface area contributed by atoms with Gasteiger partial charge in [0.1, 0.15) is 6.04 Å². The first-order chi connectivity index (χ1) is 7.16. The molecule has 1 aromatic heterocycles. The van der Waals surface area contributed by atoms with Crippen molar-refractivity contribution in [1.29, 1.82) is 0 Å². The van der Waals surface area contributed by atoms with Crippen molar-refractivity contribution in [2.24, 2.45) is 0 Å². The highest BCUT2D eigenvalue weighted by Gasteiger charge is 2.27. The van der Waals surface area contributed by atoms with Gasteiger partial charge < -0.3 is 5.11 Å². The summed E-state index contributed by atoms with van der Waals surface area (Å²) in [6.45, 7) is 2.07. The first-order valence-corrected chi connectivity index (χ1v) is 6.70. The van der Waals surface area contributed by atoms with Crippen molar-refractivity contribution >= 4 is 29.1 Å². The maximum Gasteiger partial charge on any atom is 0.320 e. The van der Waals surface area contributed by atoms with Crippen molar-refractivity contribution in [3.8, 4) is 0 Å². The Morgan fingerprint density at radius 1 is 1.60 bits per heavy atom. The van der Waals surface area contributed by atoms with E-state index < -0.39 is 12.0 Å². The van der Waals surface area contributed by atoms with Crippen molar-refractivity contribution < 1.29 is 9.90 Å². The molecule has 2 N–H and O–H groups in total. The second-order valence-electron chi connectivity index (χ2n) is 3.55. The zero-order valence-electron chi connectivity index (χ0n) is 8.40. The van der Waals surface area contributed by atoms with Gasteiger partial charge in [-0.25, -0.2) is 0 Å². The summed E-state index contributed by atoms with van der Waals surface area (Å²) in [4.78, 5) is 13.4. The largest absolute Gasteiger partial charge is 0.480 e. The summed E-state index contributed by atoms with van der Waals surface area (Å²) >= 11 is 3.52. The van der Waals surface area contributed by atoms with E-state index in [1.165, 1.54) is 9.75 Å². The van der Waals surface area contributed by atoms with Crippen LogP contribution in [0.3, 0.4) is 0 Å². The van der Waals surface area contributed by atoms with Crippen molar-refractivity contribution in [2.45, 2.75) is 24.8 Å². The lowest BCUT2D eigenvalue weighted by Crippen LogP contribution is -2.41. The van der Waals surface area contributed by atoms with E-state index >= 15 is 0 Å². The van der Waals surface area contributed by atoms with Crippen LogP contribution in [0.15, 0.2) is 12.1 Å². The third kappa shape index (κ3) is 2.53. The fraction of sp³-hybridized carbons (Fsp3) is 0.500. The monoisotopic (exact) mass is 243 g/mol. The average Bonchev–Trinajstić information content (AvgIpc) is 2.65. The zero-order valence-corrected chi connectivity index (χ0v) is 10.0. The molecular weight excluding hydrogens is 230 g/mol. The zero-order chi connectivity index (χ0) is 10.8. The number of thioether (sulfide) groups is 1. The topological polar surface area (TPSA) is 49.3 Å². The van der Waals surface area contributed by atoms with Gasteiger partial charge in [0.2, 0.25) is 0 Å². The van der Waals surface area contributed by atoms with Crippen LogP contribution in [0.2, 0.25) is 0 Å². The van der Waals surface area contributed by atoms with E-state index in [-0.39, 0.29) is 5.37 Å². The molecule has 0 bridgehead atoms. The number of rotatable bonds is 2. The van der Waals surface area contributed by atoms with E-state index in [0.717, 1.165) is 5.75 Å². The van der Waals surface area contributed by atoms with Crippen LogP contribution in [0.4, 0.5) is 0 Å². The second kappa shape index (κ2) is 4.55. The molecule has 0 radical (unpaired) electrons. The SMILES string of the molecule is Cc1ccc(C2NC(C(=O)O)CCS2)s1. The van der Waals surface area contributed by atoms with Crippen molar-refractivity contribution in [3.05, 3.63) is 21.9 Å². The molecule has 0 aliphatic carbocycles.